The molecule has 0 unspecified atom stereocenters. The quantitative estimate of drug-likeness (QED) is 0.509. The molecule has 0 saturated carbocycles. The second kappa shape index (κ2) is 7.70. The van der Waals surface area contributed by atoms with Gasteiger partial charge in [0.1, 0.15) is 6.61 Å². The van der Waals surface area contributed by atoms with Crippen molar-refractivity contribution in [2.75, 3.05) is 19.8 Å². The van der Waals surface area contributed by atoms with Crippen LogP contribution in [-0.2, 0) is 4.74 Å². The van der Waals surface area contributed by atoms with Gasteiger partial charge >= 0.3 is 17.9 Å². The number of carboxylic acid groups (broad SMARTS) is 2. The molecule has 0 fully saturated rings. The van der Waals surface area contributed by atoms with Gasteiger partial charge in [-0.05, 0) is 24.6 Å². The molecule has 126 valence electrons. The molecule has 0 bridgehead atoms. The lowest BCUT2D eigenvalue weighted by Crippen LogP contribution is -2.35. The summed E-state index contributed by atoms with van der Waals surface area (Å²) in [5.41, 5.74) is -2.08. The van der Waals surface area contributed by atoms with E-state index in [1.807, 2.05) is 0 Å². The van der Waals surface area contributed by atoms with E-state index >= 15 is 0 Å². The van der Waals surface area contributed by atoms with E-state index in [4.69, 9.17) is 14.9 Å². The third-order valence-corrected chi connectivity index (χ3v) is 3.65. The van der Waals surface area contributed by atoms with Crippen LogP contribution in [0, 0.1) is 5.41 Å². The molecule has 0 amide bonds. The Morgan fingerprint density at radius 1 is 1.04 bits per heavy atom. The zero-order chi connectivity index (χ0) is 17.6. The van der Waals surface area contributed by atoms with Crippen LogP contribution < -0.4 is 0 Å². The summed E-state index contributed by atoms with van der Waals surface area (Å²) in [5.74, 6) is -3.78. The summed E-state index contributed by atoms with van der Waals surface area (Å²) in [6.45, 7) is 0.695. The maximum absolute atomic E-state index is 12.0. The second-order valence-electron chi connectivity index (χ2n) is 5.12. The Hall–Kier alpha value is -2.45. The van der Waals surface area contributed by atoms with Crippen molar-refractivity contribution in [3.63, 3.8) is 0 Å². The number of ether oxygens (including phenoxy) is 1. The lowest BCUT2D eigenvalue weighted by atomic mass is 9.88. The van der Waals surface area contributed by atoms with Gasteiger partial charge in [0.05, 0.1) is 35.3 Å². The van der Waals surface area contributed by atoms with E-state index in [-0.39, 0.29) is 25.4 Å². The van der Waals surface area contributed by atoms with E-state index < -0.39 is 34.4 Å². The van der Waals surface area contributed by atoms with Gasteiger partial charge in [-0.1, -0.05) is 6.92 Å². The normalized spacial score (nSPS) is 11.1. The number of hydrogen-bond acceptors (Lipinski definition) is 6. The molecule has 0 radical (unpaired) electrons. The maximum atomic E-state index is 12.0. The van der Waals surface area contributed by atoms with Gasteiger partial charge in [-0.2, -0.15) is 0 Å². The van der Waals surface area contributed by atoms with Gasteiger partial charge in [-0.15, -0.1) is 0 Å². The Bertz CT molecular complexity index is 595. The molecule has 0 aliphatic carbocycles. The molecule has 0 saturated heterocycles. The standard InChI is InChI=1S/C15H18O8/c1-2-15(6-16,7-17)8-23-14(22)9-3-4-10(12(18)19)11(5-9)13(20)21/h3-5,16-17H,2,6-8H2,1H3,(H,18,19)(H,20,21). The Morgan fingerprint density at radius 3 is 2.04 bits per heavy atom. The van der Waals surface area contributed by atoms with Crippen LogP contribution in [0.15, 0.2) is 18.2 Å². The van der Waals surface area contributed by atoms with Crippen LogP contribution in [0.1, 0.15) is 44.4 Å². The second-order valence-corrected chi connectivity index (χ2v) is 5.12. The fourth-order valence-electron chi connectivity index (χ4n) is 1.80. The fraction of sp³-hybridized carbons (Fsp3) is 0.400. The van der Waals surface area contributed by atoms with E-state index in [1.165, 1.54) is 0 Å². The maximum Gasteiger partial charge on any atom is 0.338 e. The Kier molecular flexibility index (Phi) is 6.23. The summed E-state index contributed by atoms with van der Waals surface area (Å²) in [7, 11) is 0. The Labute approximate surface area is 131 Å². The number of carbonyl (C=O) groups is 3. The van der Waals surface area contributed by atoms with Crippen LogP contribution >= 0.6 is 0 Å². The molecular formula is C15H18O8. The van der Waals surface area contributed by atoms with Gasteiger partial charge < -0.3 is 25.2 Å². The summed E-state index contributed by atoms with van der Waals surface area (Å²) in [5, 5.41) is 36.5. The van der Waals surface area contributed by atoms with E-state index in [0.29, 0.717) is 6.42 Å². The van der Waals surface area contributed by atoms with E-state index in [1.54, 1.807) is 6.92 Å². The number of benzene rings is 1. The largest absolute Gasteiger partial charge is 0.478 e. The number of aliphatic hydroxyl groups is 2. The van der Waals surface area contributed by atoms with Gasteiger partial charge in [-0.25, -0.2) is 14.4 Å². The van der Waals surface area contributed by atoms with Gasteiger partial charge in [0.25, 0.3) is 0 Å². The molecule has 8 nitrogen and oxygen atoms in total. The smallest absolute Gasteiger partial charge is 0.338 e. The molecule has 23 heavy (non-hydrogen) atoms. The minimum Gasteiger partial charge on any atom is -0.478 e. The third kappa shape index (κ3) is 4.27. The molecule has 0 spiro atoms. The minimum atomic E-state index is -1.48. The van der Waals surface area contributed by atoms with E-state index in [0.717, 1.165) is 18.2 Å². The number of aromatic carboxylic acids is 2. The highest BCUT2D eigenvalue weighted by Gasteiger charge is 2.29. The summed E-state index contributed by atoms with van der Waals surface area (Å²) >= 11 is 0. The minimum absolute atomic E-state index is 0.131. The zero-order valence-electron chi connectivity index (χ0n) is 12.5. The van der Waals surface area contributed by atoms with Crippen LogP contribution in [-0.4, -0.2) is 58.2 Å². The summed E-state index contributed by atoms with van der Waals surface area (Å²) in [4.78, 5) is 34.0. The zero-order valence-corrected chi connectivity index (χ0v) is 12.5. The lowest BCUT2D eigenvalue weighted by molar-refractivity contribution is -0.0177. The van der Waals surface area contributed by atoms with E-state index in [2.05, 4.69) is 0 Å². The first-order valence-electron chi connectivity index (χ1n) is 6.79. The monoisotopic (exact) mass is 326 g/mol. The van der Waals surface area contributed by atoms with Crippen molar-refractivity contribution in [3.05, 3.63) is 34.9 Å². The molecule has 0 aliphatic heterocycles. The SMILES string of the molecule is CCC(CO)(CO)COC(=O)c1ccc(C(=O)O)c(C(=O)O)c1. The van der Waals surface area contributed by atoms with Gasteiger partial charge in [0.15, 0.2) is 0 Å². The highest BCUT2D eigenvalue weighted by atomic mass is 16.5. The van der Waals surface area contributed by atoms with Crippen molar-refractivity contribution >= 4 is 17.9 Å². The van der Waals surface area contributed by atoms with Crippen molar-refractivity contribution in [3.8, 4) is 0 Å². The lowest BCUT2D eigenvalue weighted by Gasteiger charge is -2.27. The molecule has 1 aromatic carbocycles. The Balaban J connectivity index is 2.99. The third-order valence-electron chi connectivity index (χ3n) is 3.65. The molecule has 0 atom stereocenters. The number of aliphatic hydroxyl groups excluding tert-OH is 2. The number of esters is 1. The summed E-state index contributed by atoms with van der Waals surface area (Å²) < 4.78 is 5.00. The van der Waals surface area contributed by atoms with Crippen LogP contribution in [0.2, 0.25) is 0 Å². The highest BCUT2D eigenvalue weighted by molar-refractivity contribution is 6.03. The average molecular weight is 326 g/mol. The number of hydrogen-bond donors (Lipinski definition) is 4. The summed E-state index contributed by atoms with van der Waals surface area (Å²) in [6, 6.07) is 3.07. The van der Waals surface area contributed by atoms with Crippen LogP contribution in [0.25, 0.3) is 0 Å². The van der Waals surface area contributed by atoms with Crippen molar-refractivity contribution in [1.82, 2.24) is 0 Å². The molecule has 1 rings (SSSR count). The van der Waals surface area contributed by atoms with Gasteiger partial charge in [0.2, 0.25) is 0 Å². The predicted octanol–water partition coefficient (Wildman–Crippen LogP) is 0.621. The van der Waals surface area contributed by atoms with Crippen LogP contribution in [0.5, 0.6) is 0 Å². The van der Waals surface area contributed by atoms with Crippen LogP contribution in [0.4, 0.5) is 0 Å². The number of carbonyl (C=O) groups excluding carboxylic acids is 1. The molecule has 0 heterocycles. The topological polar surface area (TPSA) is 141 Å². The van der Waals surface area contributed by atoms with E-state index in [9.17, 15) is 24.6 Å². The van der Waals surface area contributed by atoms with Gasteiger partial charge in [-0.3, -0.25) is 0 Å². The predicted molar refractivity (Wildman–Crippen MR) is 77.5 cm³/mol. The number of carboxylic acids is 2. The summed E-state index contributed by atoms with van der Waals surface area (Å²) in [6.07, 6.45) is 0.367. The molecular weight excluding hydrogens is 308 g/mol. The molecule has 8 heteroatoms. The number of rotatable bonds is 8. The van der Waals surface area contributed by atoms with Crippen LogP contribution in [0.3, 0.4) is 0 Å². The van der Waals surface area contributed by atoms with Crippen molar-refractivity contribution in [1.29, 1.82) is 0 Å². The first kappa shape index (κ1) is 18.6. The van der Waals surface area contributed by atoms with Crippen molar-refractivity contribution < 1.29 is 39.5 Å². The fourth-order valence-corrected chi connectivity index (χ4v) is 1.80. The van der Waals surface area contributed by atoms with Gasteiger partial charge in [0, 0.05) is 0 Å². The van der Waals surface area contributed by atoms with Crippen molar-refractivity contribution in [2.45, 2.75) is 13.3 Å². The first-order chi connectivity index (χ1) is 10.8. The molecule has 0 aliphatic rings. The molecule has 4 N–H and O–H groups in total. The van der Waals surface area contributed by atoms with Crippen molar-refractivity contribution in [2.24, 2.45) is 5.41 Å². The highest BCUT2D eigenvalue weighted by Crippen LogP contribution is 2.22. The Morgan fingerprint density at radius 2 is 1.61 bits per heavy atom. The molecule has 0 aromatic heterocycles. The molecule has 1 aromatic rings. The average Bonchev–Trinajstić information content (AvgIpc) is 2.55. The first-order valence-corrected chi connectivity index (χ1v) is 6.79.